The van der Waals surface area contributed by atoms with Crippen molar-refractivity contribution in [3.8, 4) is 0 Å². The Labute approximate surface area is 340 Å². The Bertz CT molecular complexity index is 2060. The monoisotopic (exact) mass is 821 g/mol. The predicted molar refractivity (Wildman–Crippen MR) is 214 cm³/mol. The zero-order valence-corrected chi connectivity index (χ0v) is 33.3. The zero-order chi connectivity index (χ0) is 42.2. The first-order valence-electron chi connectivity index (χ1n) is 18.3. The molecule has 0 spiro atoms. The van der Waals surface area contributed by atoms with Crippen molar-refractivity contribution >= 4 is 64.6 Å². The number of rotatable bonds is 19. The summed E-state index contributed by atoms with van der Waals surface area (Å²) in [7, 11) is 0. The first kappa shape index (κ1) is 44.4. The van der Waals surface area contributed by atoms with E-state index in [0.29, 0.717) is 10.6 Å². The lowest BCUT2D eigenvalue weighted by molar-refractivity contribution is -0.155. The van der Waals surface area contributed by atoms with Gasteiger partial charge in [0.2, 0.25) is 11.9 Å². The highest BCUT2D eigenvalue weighted by Gasteiger charge is 2.32. The van der Waals surface area contributed by atoms with Crippen molar-refractivity contribution in [2.24, 2.45) is 5.73 Å². The third kappa shape index (κ3) is 13.7. The third-order valence-corrected chi connectivity index (χ3v) is 8.54. The van der Waals surface area contributed by atoms with Gasteiger partial charge in [-0.15, -0.1) is 0 Å². The van der Waals surface area contributed by atoms with Crippen molar-refractivity contribution in [2.75, 3.05) is 30.7 Å². The summed E-state index contributed by atoms with van der Waals surface area (Å²) >= 11 is 6.17. The van der Waals surface area contributed by atoms with Crippen LogP contribution in [-0.4, -0.2) is 91.8 Å². The highest BCUT2D eigenvalue weighted by molar-refractivity contribution is 6.31. The van der Waals surface area contributed by atoms with E-state index in [1.165, 1.54) is 21.9 Å². The quantitative estimate of drug-likeness (QED) is 0.0578. The van der Waals surface area contributed by atoms with E-state index in [4.69, 9.17) is 42.0 Å². The SMILES string of the molecule is C=CCOC(=O)[C@H](CCCC(N)C(=O)OCc1ccccc1Cl)N(CCNC(=O)OC(C)(C)C)C(=O)Cn1cnc2c(NC(=O)OCc3ccccc3)nc(N)nc21. The fourth-order valence-electron chi connectivity index (χ4n) is 5.46. The number of hydrogen-bond donors (Lipinski definition) is 4. The highest BCUT2D eigenvalue weighted by Crippen LogP contribution is 2.22. The first-order valence-corrected chi connectivity index (χ1v) is 18.7. The second-order valence-electron chi connectivity index (χ2n) is 13.8. The fraction of sp³-hybridized carbons (Fsp3) is 0.385. The Balaban J connectivity index is 1.52. The van der Waals surface area contributed by atoms with Gasteiger partial charge in [0.05, 0.1) is 6.33 Å². The molecule has 18 nitrogen and oxygen atoms in total. The molecule has 0 aliphatic rings. The third-order valence-electron chi connectivity index (χ3n) is 8.18. The number of esters is 2. The molecule has 4 aromatic rings. The molecule has 19 heteroatoms. The van der Waals surface area contributed by atoms with Gasteiger partial charge in [0.25, 0.3) is 0 Å². The van der Waals surface area contributed by atoms with Gasteiger partial charge in [-0.25, -0.2) is 19.4 Å². The average molecular weight is 822 g/mol. The Morgan fingerprint density at radius 3 is 2.38 bits per heavy atom. The minimum absolute atomic E-state index is 0.00600. The van der Waals surface area contributed by atoms with Crippen molar-refractivity contribution in [1.82, 2.24) is 29.7 Å². The molecule has 1 unspecified atom stereocenters. The summed E-state index contributed by atoms with van der Waals surface area (Å²) in [6.45, 7) is 7.77. The van der Waals surface area contributed by atoms with Crippen LogP contribution in [0.3, 0.4) is 0 Å². The first-order chi connectivity index (χ1) is 27.6. The van der Waals surface area contributed by atoms with Gasteiger partial charge in [0, 0.05) is 23.7 Å². The maximum atomic E-state index is 14.2. The number of fused-ring (bicyclic) bond motifs is 1. The molecule has 0 aliphatic carbocycles. The Hall–Kier alpha value is -6.27. The lowest BCUT2D eigenvalue weighted by Gasteiger charge is -2.31. The molecule has 0 aliphatic heterocycles. The van der Waals surface area contributed by atoms with E-state index in [0.717, 1.165) is 5.56 Å². The summed E-state index contributed by atoms with van der Waals surface area (Å²) in [6.07, 6.45) is 1.41. The number of ether oxygens (including phenoxy) is 4. The Kier molecular flexibility index (Phi) is 16.3. The van der Waals surface area contributed by atoms with E-state index >= 15 is 0 Å². The predicted octanol–water partition coefficient (Wildman–Crippen LogP) is 4.50. The summed E-state index contributed by atoms with van der Waals surface area (Å²) < 4.78 is 22.8. The minimum Gasteiger partial charge on any atom is -0.460 e. The van der Waals surface area contributed by atoms with Crippen LogP contribution in [0.25, 0.3) is 11.2 Å². The number of nitrogens with two attached hydrogens (primary N) is 2. The number of nitrogens with zero attached hydrogens (tertiary/aromatic N) is 5. The highest BCUT2D eigenvalue weighted by atomic mass is 35.5. The molecule has 0 saturated carbocycles. The number of imidazole rings is 1. The van der Waals surface area contributed by atoms with Crippen molar-refractivity contribution in [3.05, 3.63) is 89.7 Å². The van der Waals surface area contributed by atoms with Crippen molar-refractivity contribution in [3.63, 3.8) is 0 Å². The molecule has 2 aromatic heterocycles. The molecule has 6 N–H and O–H groups in total. The number of hydrogen-bond acceptors (Lipinski definition) is 14. The summed E-state index contributed by atoms with van der Waals surface area (Å²) in [6, 6.07) is 13.7. The molecule has 0 fully saturated rings. The maximum Gasteiger partial charge on any atom is 0.413 e. The maximum absolute atomic E-state index is 14.2. The number of halogens is 1. The average Bonchev–Trinajstić information content (AvgIpc) is 3.57. The molecular formula is C39H48ClN9O9. The van der Waals surface area contributed by atoms with Gasteiger partial charge in [0.15, 0.2) is 17.0 Å². The smallest absolute Gasteiger partial charge is 0.413 e. The Morgan fingerprint density at radius 1 is 0.948 bits per heavy atom. The van der Waals surface area contributed by atoms with Gasteiger partial charge in [-0.05, 0) is 51.7 Å². The number of benzene rings is 2. The van der Waals surface area contributed by atoms with E-state index < -0.39 is 54.3 Å². The van der Waals surface area contributed by atoms with Crippen molar-refractivity contribution < 1.29 is 42.9 Å². The minimum atomic E-state index is -1.20. The molecular weight excluding hydrogens is 774 g/mol. The van der Waals surface area contributed by atoms with Crippen LogP contribution in [0.2, 0.25) is 5.02 Å². The standard InChI is InChI=1S/C39H48ClN9O9/c1-5-20-55-35(52)29(17-11-16-28(41)34(51)56-23-26-14-9-10-15-27(26)40)49(19-18-43-37(53)58-39(2,3)4)30(50)21-48-24-44-31-32(45-36(42)47-33(31)48)46-38(54)57-22-25-12-7-6-8-13-25/h5-10,12-15,24,28-29H,1,11,16-23,41H2,2-4H3,(H,43,53)(H3,42,45,46,47,54)/t28?,29-/m0/s1. The number of carbonyl (C=O) groups excluding carboxylic acids is 5. The molecule has 2 heterocycles. The fourth-order valence-corrected chi connectivity index (χ4v) is 5.65. The molecule has 4 rings (SSSR count). The van der Waals surface area contributed by atoms with Crippen LogP contribution >= 0.6 is 11.6 Å². The number of amides is 3. The number of anilines is 2. The van der Waals surface area contributed by atoms with Gasteiger partial charge >= 0.3 is 24.1 Å². The van der Waals surface area contributed by atoms with Crippen LogP contribution in [0, 0.1) is 0 Å². The normalized spacial score (nSPS) is 12.2. The molecule has 0 bridgehead atoms. The van der Waals surface area contributed by atoms with Crippen molar-refractivity contribution in [2.45, 2.75) is 77.5 Å². The molecule has 310 valence electrons. The van der Waals surface area contributed by atoms with Gasteiger partial charge < -0.3 is 45.2 Å². The van der Waals surface area contributed by atoms with Crippen molar-refractivity contribution in [1.29, 1.82) is 0 Å². The number of alkyl carbamates (subject to hydrolysis) is 1. The van der Waals surface area contributed by atoms with Gasteiger partial charge in [-0.1, -0.05) is 72.8 Å². The van der Waals surface area contributed by atoms with E-state index in [2.05, 4.69) is 32.2 Å². The largest absolute Gasteiger partial charge is 0.460 e. The van der Waals surface area contributed by atoms with E-state index in [1.54, 1.807) is 57.2 Å². The van der Waals surface area contributed by atoms with Crippen LogP contribution in [0.15, 0.2) is 73.6 Å². The lowest BCUT2D eigenvalue weighted by Crippen LogP contribution is -2.50. The number of aromatic nitrogens is 4. The van der Waals surface area contributed by atoms with Gasteiger partial charge in [-0.3, -0.25) is 14.9 Å². The van der Waals surface area contributed by atoms with Crippen LogP contribution in [0.1, 0.15) is 51.2 Å². The van der Waals surface area contributed by atoms with E-state index in [9.17, 15) is 24.0 Å². The van der Waals surface area contributed by atoms with Crippen LogP contribution in [0.5, 0.6) is 0 Å². The lowest BCUT2D eigenvalue weighted by atomic mass is 10.0. The van der Waals surface area contributed by atoms with Crippen LogP contribution in [0.4, 0.5) is 21.4 Å². The molecule has 3 amide bonds. The zero-order valence-electron chi connectivity index (χ0n) is 32.5. The van der Waals surface area contributed by atoms with Crippen LogP contribution < -0.4 is 22.1 Å². The second kappa shape index (κ2) is 21.3. The summed E-state index contributed by atoms with van der Waals surface area (Å²) in [5.74, 6) is -2.33. The number of nitrogens with one attached hydrogen (secondary N) is 2. The summed E-state index contributed by atoms with van der Waals surface area (Å²) in [5, 5.41) is 5.56. The second-order valence-corrected chi connectivity index (χ2v) is 14.3. The molecule has 2 aromatic carbocycles. The van der Waals surface area contributed by atoms with Crippen LogP contribution in [-0.2, 0) is 53.1 Å². The molecule has 58 heavy (non-hydrogen) atoms. The number of carbonyl (C=O) groups is 5. The topological polar surface area (TPSA) is 245 Å². The Morgan fingerprint density at radius 2 is 1.67 bits per heavy atom. The molecule has 2 atom stereocenters. The molecule has 0 radical (unpaired) electrons. The summed E-state index contributed by atoms with van der Waals surface area (Å²) in [4.78, 5) is 79.6. The summed E-state index contributed by atoms with van der Waals surface area (Å²) in [5.41, 5.74) is 12.9. The van der Waals surface area contributed by atoms with Gasteiger partial charge in [-0.2, -0.15) is 9.97 Å². The molecule has 0 saturated heterocycles. The van der Waals surface area contributed by atoms with Gasteiger partial charge in [0.1, 0.15) is 44.1 Å². The van der Waals surface area contributed by atoms with E-state index in [-0.39, 0.29) is 75.1 Å². The van der Waals surface area contributed by atoms with E-state index in [1.807, 2.05) is 18.2 Å². The number of nitrogen functional groups attached to an aromatic ring is 1.